The second-order valence-electron chi connectivity index (χ2n) is 4.58. The van der Waals surface area contributed by atoms with E-state index in [0.29, 0.717) is 0 Å². The largest absolute Gasteiger partial charge is 0.308 e. The van der Waals surface area contributed by atoms with Gasteiger partial charge in [0.1, 0.15) is 4.34 Å². The Morgan fingerprint density at radius 1 is 1.05 bits per heavy atom. The van der Waals surface area contributed by atoms with Crippen molar-refractivity contribution in [3.8, 4) is 0 Å². The topological polar surface area (TPSA) is 12.0 Å². The van der Waals surface area contributed by atoms with Crippen LogP contribution in [0.3, 0.4) is 0 Å². The van der Waals surface area contributed by atoms with Crippen LogP contribution in [-0.2, 0) is 13.1 Å². The summed E-state index contributed by atoms with van der Waals surface area (Å²) >= 11 is 11.1. The number of hydrogen-bond donors (Lipinski definition) is 1. The van der Waals surface area contributed by atoms with Crippen molar-refractivity contribution in [1.82, 2.24) is 5.32 Å². The number of halogens is 2. The molecule has 1 nitrogen and oxygen atoms in total. The Hall–Kier alpha value is -0.870. The summed E-state index contributed by atoms with van der Waals surface area (Å²) in [5.41, 5.74) is 1.32. The molecule has 0 aliphatic heterocycles. The summed E-state index contributed by atoms with van der Waals surface area (Å²) in [5, 5.41) is 6.08. The molecule has 0 spiro atoms. The first kappa shape index (κ1) is 14.1. The van der Waals surface area contributed by atoms with Gasteiger partial charge in [-0.3, -0.25) is 0 Å². The van der Waals surface area contributed by atoms with E-state index in [1.54, 1.807) is 11.3 Å². The molecular formula is C16H13BrClNS. The molecule has 4 heteroatoms. The fourth-order valence-electron chi connectivity index (χ4n) is 2.25. The molecule has 0 saturated heterocycles. The van der Waals surface area contributed by atoms with Gasteiger partial charge in [0.15, 0.2) is 0 Å². The molecule has 0 fully saturated rings. The summed E-state index contributed by atoms with van der Waals surface area (Å²) in [5.74, 6) is 0. The van der Waals surface area contributed by atoms with Gasteiger partial charge in [0.05, 0.1) is 0 Å². The van der Waals surface area contributed by atoms with Crippen LogP contribution in [0.5, 0.6) is 0 Å². The number of rotatable bonds is 4. The van der Waals surface area contributed by atoms with Crippen LogP contribution in [0.15, 0.2) is 53.0 Å². The zero-order chi connectivity index (χ0) is 13.9. The Bertz CT molecular complexity index is 713. The maximum atomic E-state index is 6.05. The molecule has 2 aromatic carbocycles. The fraction of sp³-hybridized carbons (Fsp3) is 0.125. The summed E-state index contributed by atoms with van der Waals surface area (Å²) in [6, 6.07) is 17.0. The van der Waals surface area contributed by atoms with Gasteiger partial charge in [0.25, 0.3) is 0 Å². The maximum Gasteiger partial charge on any atom is 0.107 e. The Balaban J connectivity index is 1.71. The van der Waals surface area contributed by atoms with Crippen LogP contribution in [-0.4, -0.2) is 0 Å². The van der Waals surface area contributed by atoms with Crippen molar-refractivity contribution in [2.45, 2.75) is 13.1 Å². The standard InChI is InChI=1S/C16H13BrClNS/c17-15-8-13(20-16(15)18)10-19-9-12-6-3-5-11-4-1-2-7-14(11)12/h1-8,19H,9-10H2. The van der Waals surface area contributed by atoms with Gasteiger partial charge in [0, 0.05) is 22.4 Å². The van der Waals surface area contributed by atoms with E-state index in [9.17, 15) is 0 Å². The van der Waals surface area contributed by atoms with Gasteiger partial charge in [-0.1, -0.05) is 54.1 Å². The van der Waals surface area contributed by atoms with Crippen molar-refractivity contribution in [2.24, 2.45) is 0 Å². The van der Waals surface area contributed by atoms with Crippen molar-refractivity contribution in [3.05, 3.63) is 67.8 Å². The molecule has 1 aromatic heterocycles. The molecule has 0 bridgehead atoms. The SMILES string of the molecule is Clc1sc(CNCc2cccc3ccccc23)cc1Br. The van der Waals surface area contributed by atoms with Gasteiger partial charge in [-0.2, -0.15) is 0 Å². The molecule has 0 radical (unpaired) electrons. The lowest BCUT2D eigenvalue weighted by Crippen LogP contribution is -2.11. The average Bonchev–Trinajstić information content (AvgIpc) is 2.78. The molecule has 102 valence electrons. The summed E-state index contributed by atoms with van der Waals surface area (Å²) in [6.45, 7) is 1.69. The third-order valence-electron chi connectivity index (χ3n) is 3.19. The first-order valence-corrected chi connectivity index (χ1v) is 8.34. The minimum atomic E-state index is 0.812. The van der Waals surface area contributed by atoms with Crippen molar-refractivity contribution >= 4 is 49.6 Å². The Morgan fingerprint density at radius 2 is 1.85 bits per heavy atom. The minimum absolute atomic E-state index is 0.812. The first-order chi connectivity index (χ1) is 9.74. The van der Waals surface area contributed by atoms with Crippen molar-refractivity contribution in [3.63, 3.8) is 0 Å². The fourth-order valence-corrected chi connectivity index (χ4v) is 4.01. The highest BCUT2D eigenvalue weighted by Gasteiger charge is 2.05. The lowest BCUT2D eigenvalue weighted by atomic mass is 10.0. The van der Waals surface area contributed by atoms with E-state index in [1.807, 2.05) is 0 Å². The van der Waals surface area contributed by atoms with Gasteiger partial charge in [-0.25, -0.2) is 0 Å². The van der Waals surface area contributed by atoms with Gasteiger partial charge in [0.2, 0.25) is 0 Å². The van der Waals surface area contributed by atoms with Crippen molar-refractivity contribution < 1.29 is 0 Å². The van der Waals surface area contributed by atoms with Crippen LogP contribution in [0.25, 0.3) is 10.8 Å². The smallest absolute Gasteiger partial charge is 0.107 e. The van der Waals surface area contributed by atoms with Crippen LogP contribution >= 0.6 is 38.9 Å². The second kappa shape index (κ2) is 6.27. The van der Waals surface area contributed by atoms with E-state index >= 15 is 0 Å². The number of thiophene rings is 1. The lowest BCUT2D eigenvalue weighted by molar-refractivity contribution is 0.704. The molecule has 3 rings (SSSR count). The molecule has 0 aliphatic rings. The quantitative estimate of drug-likeness (QED) is 0.633. The zero-order valence-electron chi connectivity index (χ0n) is 10.7. The number of nitrogens with one attached hydrogen (secondary N) is 1. The van der Waals surface area contributed by atoms with Crippen LogP contribution in [0.2, 0.25) is 4.34 Å². The van der Waals surface area contributed by atoms with Crippen LogP contribution in [0.4, 0.5) is 0 Å². The third kappa shape index (κ3) is 3.07. The number of benzene rings is 2. The highest BCUT2D eigenvalue weighted by molar-refractivity contribution is 9.10. The average molecular weight is 367 g/mol. The zero-order valence-corrected chi connectivity index (χ0v) is 13.9. The van der Waals surface area contributed by atoms with Gasteiger partial charge in [-0.15, -0.1) is 11.3 Å². The molecule has 1 N–H and O–H groups in total. The van der Waals surface area contributed by atoms with Crippen LogP contribution in [0.1, 0.15) is 10.4 Å². The highest BCUT2D eigenvalue weighted by atomic mass is 79.9. The molecule has 0 amide bonds. The molecule has 0 aliphatic carbocycles. The lowest BCUT2D eigenvalue weighted by Gasteiger charge is -2.07. The molecule has 0 atom stereocenters. The van der Waals surface area contributed by atoms with Crippen molar-refractivity contribution in [1.29, 1.82) is 0 Å². The molecule has 0 saturated carbocycles. The normalized spacial score (nSPS) is 11.1. The summed E-state index contributed by atoms with van der Waals surface area (Å²) in [6.07, 6.45) is 0. The highest BCUT2D eigenvalue weighted by Crippen LogP contribution is 2.31. The Morgan fingerprint density at radius 3 is 2.65 bits per heavy atom. The molecule has 0 unspecified atom stereocenters. The van der Waals surface area contributed by atoms with E-state index in [4.69, 9.17) is 11.6 Å². The van der Waals surface area contributed by atoms with E-state index < -0.39 is 0 Å². The monoisotopic (exact) mass is 365 g/mol. The maximum absolute atomic E-state index is 6.05. The minimum Gasteiger partial charge on any atom is -0.308 e. The van der Waals surface area contributed by atoms with Gasteiger partial charge in [-0.05, 0) is 38.3 Å². The summed E-state index contributed by atoms with van der Waals surface area (Å²) in [4.78, 5) is 1.24. The summed E-state index contributed by atoms with van der Waals surface area (Å²) in [7, 11) is 0. The second-order valence-corrected chi connectivity index (χ2v) is 7.17. The van der Waals surface area contributed by atoms with Gasteiger partial charge >= 0.3 is 0 Å². The third-order valence-corrected chi connectivity index (χ3v) is 5.67. The number of fused-ring (bicyclic) bond motifs is 1. The van der Waals surface area contributed by atoms with E-state index in [1.165, 1.54) is 21.2 Å². The van der Waals surface area contributed by atoms with Crippen molar-refractivity contribution in [2.75, 3.05) is 0 Å². The number of hydrogen-bond acceptors (Lipinski definition) is 2. The predicted molar refractivity (Wildman–Crippen MR) is 91.5 cm³/mol. The van der Waals surface area contributed by atoms with E-state index in [0.717, 1.165) is 21.9 Å². The van der Waals surface area contributed by atoms with E-state index in [2.05, 4.69) is 69.8 Å². The van der Waals surface area contributed by atoms with E-state index in [-0.39, 0.29) is 0 Å². The molecular weight excluding hydrogens is 354 g/mol. The van der Waals surface area contributed by atoms with Crippen LogP contribution in [0, 0.1) is 0 Å². The Labute approximate surface area is 135 Å². The Kier molecular flexibility index (Phi) is 4.41. The molecule has 1 heterocycles. The van der Waals surface area contributed by atoms with Crippen LogP contribution < -0.4 is 5.32 Å². The molecule has 3 aromatic rings. The first-order valence-electron chi connectivity index (χ1n) is 6.35. The van der Waals surface area contributed by atoms with Gasteiger partial charge < -0.3 is 5.32 Å². The summed E-state index contributed by atoms with van der Waals surface area (Å²) < 4.78 is 1.79. The molecule has 20 heavy (non-hydrogen) atoms. The predicted octanol–water partition coefficient (Wildman–Crippen LogP) is 5.61.